The van der Waals surface area contributed by atoms with Gasteiger partial charge in [-0.05, 0) is 47.0 Å². The van der Waals surface area contributed by atoms with Crippen LogP contribution < -0.4 is 0 Å². The minimum absolute atomic E-state index is 0.206. The predicted molar refractivity (Wildman–Crippen MR) is 241 cm³/mol. The van der Waals surface area contributed by atoms with Gasteiger partial charge in [0.1, 0.15) is 97.7 Å². The van der Waals surface area contributed by atoms with E-state index in [0.717, 1.165) is 64.2 Å². The predicted octanol–water partition coefficient (Wildman–Crippen LogP) is -2.16. The number of ether oxygens (including phenoxy) is 11. The number of aliphatic hydroxyl groups excluding tert-OH is 12. The summed E-state index contributed by atoms with van der Waals surface area (Å²) in [5.74, 6) is -0.206. The molecule has 0 aromatic carbocycles. The lowest BCUT2D eigenvalue weighted by Gasteiger charge is -2.50. The Morgan fingerprint density at radius 2 is 0.859 bits per heavy atom. The van der Waals surface area contributed by atoms with Crippen molar-refractivity contribution in [2.75, 3.05) is 13.7 Å². The number of carbonyl (C=O) groups is 1. The molecule has 0 bridgehead atoms. The van der Waals surface area contributed by atoms with Crippen LogP contribution in [0.15, 0.2) is 0 Å². The molecule has 0 amide bonds. The summed E-state index contributed by atoms with van der Waals surface area (Å²) < 4.78 is 64.8. The molecule has 416 valence electrons. The van der Waals surface area contributed by atoms with Crippen LogP contribution in [0.5, 0.6) is 0 Å². The molecule has 24 heteroatoms. The molecule has 0 saturated carbocycles. The van der Waals surface area contributed by atoms with E-state index in [4.69, 9.17) is 52.1 Å². The number of carbonyl (C=O) groups excluding carboxylic acids is 1. The van der Waals surface area contributed by atoms with E-state index in [1.807, 2.05) is 0 Å². The third kappa shape index (κ3) is 15.6. The van der Waals surface area contributed by atoms with Crippen molar-refractivity contribution in [3.05, 3.63) is 0 Å². The molecule has 5 aliphatic rings. The van der Waals surface area contributed by atoms with Gasteiger partial charge in [0.05, 0.1) is 44.2 Å². The molecule has 5 aliphatic heterocycles. The Hall–Kier alpha value is -1.41. The first-order chi connectivity index (χ1) is 33.7. The topological polar surface area (TPSA) is 361 Å². The van der Waals surface area contributed by atoms with Crippen LogP contribution in [0.4, 0.5) is 0 Å². The summed E-state index contributed by atoms with van der Waals surface area (Å²) in [6.45, 7) is 7.19. The molecular formula is C47H84O24. The molecule has 5 saturated heterocycles. The van der Waals surface area contributed by atoms with E-state index in [0.29, 0.717) is 19.3 Å². The average Bonchev–Trinajstić information content (AvgIpc) is 3.34. The number of hydrogen-bond acceptors (Lipinski definition) is 24. The Labute approximate surface area is 414 Å². The molecular weight excluding hydrogens is 948 g/mol. The molecule has 0 aliphatic carbocycles. The van der Waals surface area contributed by atoms with Gasteiger partial charge in [0.2, 0.25) is 0 Å². The summed E-state index contributed by atoms with van der Waals surface area (Å²) in [7, 11) is 1.38. The maximum Gasteiger partial charge on any atom is 0.305 e. The standard InChI is InChI=1S/C47H84O24/c1-7-8-14-17-25(18-15-12-10-9-11-13-16-19-27(49)61-6)66-47-42(33(55)29(51)22(3)63-47)71-44-37(59)34(56)39(23(4)64-44)68-46-38(60)41(70-45-36(58)32(54)30(52)26(20-48)67-45)40(24(5)65-46)69-43-35(57)31(53)28(50)21(2)62-43/h21-26,28-48,50-60H,7-20H2,1-6H3/t21-,22+,23-,24-,25-,26+,28-,29+,30+,31+,32-,33-,34-,35+,36+,37+,38+,39-,40-,41-,42+,43-,44-,45-,46-,47-/m0/s1. The number of esters is 1. The molecule has 26 atom stereocenters. The second-order valence-electron chi connectivity index (χ2n) is 19.7. The van der Waals surface area contributed by atoms with Crippen molar-refractivity contribution in [1.29, 1.82) is 0 Å². The average molecular weight is 1030 g/mol. The summed E-state index contributed by atoms with van der Waals surface area (Å²) in [4.78, 5) is 11.4. The summed E-state index contributed by atoms with van der Waals surface area (Å²) >= 11 is 0. The van der Waals surface area contributed by atoms with Crippen molar-refractivity contribution in [1.82, 2.24) is 0 Å². The first-order valence-corrected chi connectivity index (χ1v) is 25.4. The van der Waals surface area contributed by atoms with Crippen LogP contribution in [0.3, 0.4) is 0 Å². The maximum absolute atomic E-state index is 11.9. The lowest BCUT2D eigenvalue weighted by atomic mass is 9.95. The fourth-order valence-electron chi connectivity index (χ4n) is 9.65. The van der Waals surface area contributed by atoms with Gasteiger partial charge in [-0.15, -0.1) is 0 Å². The van der Waals surface area contributed by atoms with Crippen molar-refractivity contribution >= 4 is 5.97 Å². The van der Waals surface area contributed by atoms with Gasteiger partial charge in [0.15, 0.2) is 31.5 Å². The molecule has 5 fully saturated rings. The molecule has 0 spiro atoms. The minimum Gasteiger partial charge on any atom is -0.469 e. The first-order valence-electron chi connectivity index (χ1n) is 25.4. The van der Waals surface area contributed by atoms with Crippen molar-refractivity contribution in [3.63, 3.8) is 0 Å². The highest BCUT2D eigenvalue weighted by atomic mass is 16.8. The van der Waals surface area contributed by atoms with Crippen LogP contribution in [0.1, 0.15) is 118 Å². The van der Waals surface area contributed by atoms with E-state index < -0.39 is 160 Å². The van der Waals surface area contributed by atoms with Gasteiger partial charge in [-0.1, -0.05) is 64.7 Å². The van der Waals surface area contributed by atoms with Crippen LogP contribution in [-0.2, 0) is 56.9 Å². The molecule has 0 aromatic rings. The lowest BCUT2D eigenvalue weighted by Crippen LogP contribution is -2.67. The largest absolute Gasteiger partial charge is 0.469 e. The lowest BCUT2D eigenvalue weighted by molar-refractivity contribution is -0.400. The Balaban J connectivity index is 1.26. The highest BCUT2D eigenvalue weighted by molar-refractivity contribution is 5.68. The normalized spacial score (nSPS) is 44.8. The zero-order valence-corrected chi connectivity index (χ0v) is 41.7. The molecule has 0 radical (unpaired) electrons. The summed E-state index contributed by atoms with van der Waals surface area (Å²) in [5, 5.41) is 130. The Bertz CT molecular complexity index is 1530. The van der Waals surface area contributed by atoms with E-state index in [-0.39, 0.29) is 12.1 Å². The summed E-state index contributed by atoms with van der Waals surface area (Å²) in [5.41, 5.74) is 0. The highest BCUT2D eigenvalue weighted by Crippen LogP contribution is 2.37. The molecule has 5 heterocycles. The Morgan fingerprint density at radius 3 is 1.45 bits per heavy atom. The van der Waals surface area contributed by atoms with Gasteiger partial charge in [0, 0.05) is 6.42 Å². The van der Waals surface area contributed by atoms with Crippen LogP contribution >= 0.6 is 0 Å². The molecule has 12 N–H and O–H groups in total. The Morgan fingerprint density at radius 1 is 0.437 bits per heavy atom. The SMILES string of the molecule is CCCCC[C@@H](CCCCCCCCCC(=O)OC)O[C@@H]1O[C@H](C)[C@@H](O)[C@H](O)[C@H]1O[C@@H]1O[C@@H](C)[C@H](O[C@@H]2O[C@@H](C)[C@H](O[C@@H]3O[C@@H](C)[C@H](O)[C@@H](O)[C@H]3O)[C@@H](O[C@@H]3O[C@H](CO)[C@@H](O)[C@H](O)[C@H]3O)[C@H]2O)[C@@H](O)[C@H]1O. The van der Waals surface area contributed by atoms with Crippen molar-refractivity contribution in [2.24, 2.45) is 0 Å². The van der Waals surface area contributed by atoms with Gasteiger partial charge in [-0.2, -0.15) is 0 Å². The minimum atomic E-state index is -1.95. The van der Waals surface area contributed by atoms with Crippen molar-refractivity contribution < 1.29 is 118 Å². The van der Waals surface area contributed by atoms with Crippen molar-refractivity contribution in [2.45, 2.75) is 278 Å². The van der Waals surface area contributed by atoms with Crippen LogP contribution in [0.25, 0.3) is 0 Å². The van der Waals surface area contributed by atoms with E-state index in [1.54, 1.807) is 6.92 Å². The van der Waals surface area contributed by atoms with Gasteiger partial charge in [-0.3, -0.25) is 4.79 Å². The molecule has 24 nitrogen and oxygen atoms in total. The van der Waals surface area contributed by atoms with Gasteiger partial charge < -0.3 is 113 Å². The third-order valence-corrected chi connectivity index (χ3v) is 14.2. The number of unbranched alkanes of at least 4 members (excludes halogenated alkanes) is 8. The number of aliphatic hydroxyl groups is 12. The van der Waals surface area contributed by atoms with E-state index in [9.17, 15) is 66.1 Å². The number of rotatable bonds is 25. The molecule has 5 rings (SSSR count). The maximum atomic E-state index is 11.9. The van der Waals surface area contributed by atoms with E-state index in [2.05, 4.69) is 6.92 Å². The van der Waals surface area contributed by atoms with Crippen LogP contribution in [0, 0.1) is 0 Å². The van der Waals surface area contributed by atoms with Crippen molar-refractivity contribution in [3.8, 4) is 0 Å². The second-order valence-corrected chi connectivity index (χ2v) is 19.7. The molecule has 71 heavy (non-hydrogen) atoms. The third-order valence-electron chi connectivity index (χ3n) is 14.2. The van der Waals surface area contributed by atoms with Crippen LogP contribution in [-0.4, -0.2) is 241 Å². The van der Waals surface area contributed by atoms with E-state index >= 15 is 0 Å². The summed E-state index contributed by atoms with van der Waals surface area (Å²) in [6.07, 6.45) is -28.2. The molecule has 0 unspecified atom stereocenters. The quantitative estimate of drug-likeness (QED) is 0.0342. The fourth-order valence-corrected chi connectivity index (χ4v) is 9.65. The van der Waals surface area contributed by atoms with Gasteiger partial charge in [-0.25, -0.2) is 0 Å². The number of hydrogen-bond donors (Lipinski definition) is 12. The molecule has 0 aromatic heterocycles. The zero-order valence-electron chi connectivity index (χ0n) is 41.7. The van der Waals surface area contributed by atoms with E-state index in [1.165, 1.54) is 27.9 Å². The zero-order chi connectivity index (χ0) is 52.3. The second kappa shape index (κ2) is 28.6. The van der Waals surface area contributed by atoms with Crippen LogP contribution in [0.2, 0.25) is 0 Å². The number of methoxy groups -OCH3 is 1. The monoisotopic (exact) mass is 1030 g/mol. The summed E-state index contributed by atoms with van der Waals surface area (Å²) in [6, 6.07) is 0. The highest BCUT2D eigenvalue weighted by Gasteiger charge is 2.56. The van der Waals surface area contributed by atoms with Gasteiger partial charge >= 0.3 is 5.97 Å². The Kier molecular flexibility index (Phi) is 24.4. The van der Waals surface area contributed by atoms with Gasteiger partial charge in [0.25, 0.3) is 0 Å². The first kappa shape index (κ1) is 60.5. The fraction of sp³-hybridized carbons (Fsp3) is 0.979. The smallest absolute Gasteiger partial charge is 0.305 e.